The van der Waals surface area contributed by atoms with Crippen LogP contribution in [0, 0.1) is 47.3 Å². The van der Waals surface area contributed by atoms with E-state index in [9.17, 15) is 85.3 Å². The SMILES string of the molecule is CN=C(N)NCCCC=CCCCC(C)CC(C)C1OC(=O)C(C)C(O)CCC(C)C(O)CC(O)C(C)C(O)CCC(C)C(O)CC2(O)OC(CC(OC(=O)CC(=O)O)CC(O)CC(O)C(C)C(O)C=CC=CC1C)CC(OC(=O)CC(=O)O)C2O. The number of aliphatic hydroxyl groups is 10. The summed E-state index contributed by atoms with van der Waals surface area (Å²) in [6, 6.07) is 0. The van der Waals surface area contributed by atoms with Crippen LogP contribution in [0.25, 0.3) is 0 Å². The number of allylic oxidation sites excluding steroid dienone is 4. The van der Waals surface area contributed by atoms with Crippen molar-refractivity contribution in [3.05, 3.63) is 36.5 Å². The molecule has 0 aromatic rings. The summed E-state index contributed by atoms with van der Waals surface area (Å²) in [7, 11) is 1.63. The fraction of sp³-hybridized carbons (Fsp3) is 0.806. The summed E-state index contributed by atoms with van der Waals surface area (Å²) in [6.45, 7) is 14.8. The number of hydrogen-bond donors (Lipinski definition) is 14. The highest BCUT2D eigenvalue weighted by Crippen LogP contribution is 2.38. The number of cyclic esters (lactones) is 1. The van der Waals surface area contributed by atoms with Gasteiger partial charge in [0.05, 0.1) is 60.9 Å². The van der Waals surface area contributed by atoms with E-state index in [1.165, 1.54) is 13.0 Å². The molecule has 24 nitrogen and oxygen atoms in total. The smallest absolute Gasteiger partial charge is 0.317 e. The zero-order valence-electron chi connectivity index (χ0n) is 52.1. The van der Waals surface area contributed by atoms with Crippen molar-refractivity contribution < 1.29 is 104 Å². The third-order valence-corrected chi connectivity index (χ3v) is 17.1. The largest absolute Gasteiger partial charge is 0.481 e. The molecule has 0 spiro atoms. The van der Waals surface area contributed by atoms with Gasteiger partial charge in [-0.25, -0.2) is 0 Å². The maximum atomic E-state index is 13.9. The van der Waals surface area contributed by atoms with Gasteiger partial charge in [0.25, 0.3) is 0 Å². The Morgan fingerprint density at radius 3 is 1.91 bits per heavy atom. The van der Waals surface area contributed by atoms with E-state index in [0.29, 0.717) is 5.96 Å². The monoisotopic (exact) mass is 1230 g/mol. The van der Waals surface area contributed by atoms with Gasteiger partial charge in [-0.1, -0.05) is 91.3 Å². The highest BCUT2D eigenvalue weighted by molar-refractivity contribution is 5.90. The second-order valence-electron chi connectivity index (χ2n) is 24.8. The van der Waals surface area contributed by atoms with Gasteiger partial charge < -0.3 is 91.3 Å². The summed E-state index contributed by atoms with van der Waals surface area (Å²) in [5.74, 6) is -12.6. The molecule has 2 aliphatic heterocycles. The average molecular weight is 1230 g/mol. The van der Waals surface area contributed by atoms with Gasteiger partial charge in [0, 0.05) is 57.0 Å². The highest BCUT2D eigenvalue weighted by Gasteiger charge is 2.52. The molecule has 22 atom stereocenters. The normalized spacial score (nSPS) is 36.0. The standard InChI is InChI=1S/C62H107N3O21/c1-35(18-14-12-10-11-13-17-25-65-61(63)64-9)26-39(5)58-38(4)19-15-16-20-46(67)40(6)50(71)28-43(66)27-44(83-56(78)32-54(74)75)29-45-30-53(84-57(79)33-55(76)77)59(80)62(82,86-45)34-52(73)37(3)22-23-47(68)41(7)51(72)31-49(70)36(2)21-24-48(69)42(8)60(81)85-58/h10-11,15-16,19-20,35-53,58-59,66-73,80,82H,12-14,17-18,21-34H2,1-9H3,(H,74,75)(H,76,77)(H3,63,64,65). The predicted octanol–water partition coefficient (Wildman–Crippen LogP) is 3.55. The molecule has 22 unspecified atom stereocenters. The molecular formula is C62H107N3O21. The van der Waals surface area contributed by atoms with Gasteiger partial charge in [-0.15, -0.1) is 0 Å². The van der Waals surface area contributed by atoms with Crippen LogP contribution in [-0.4, -0.2) is 196 Å². The molecule has 0 aromatic heterocycles. The summed E-state index contributed by atoms with van der Waals surface area (Å²) >= 11 is 0. The van der Waals surface area contributed by atoms with Crippen molar-refractivity contribution in [2.75, 3.05) is 13.6 Å². The Balaban J connectivity index is 2.51. The van der Waals surface area contributed by atoms with Gasteiger partial charge in [0.15, 0.2) is 11.7 Å². The highest BCUT2D eigenvalue weighted by atomic mass is 16.7. The lowest BCUT2D eigenvalue weighted by atomic mass is 9.83. The van der Waals surface area contributed by atoms with Crippen molar-refractivity contribution in [1.29, 1.82) is 0 Å². The molecule has 2 aliphatic rings. The quantitative estimate of drug-likeness (QED) is 0.0188. The minimum atomic E-state index is -2.73. The van der Waals surface area contributed by atoms with Crippen molar-refractivity contribution in [2.24, 2.45) is 58.1 Å². The summed E-state index contributed by atoms with van der Waals surface area (Å²) < 4.78 is 23.0. The zero-order chi connectivity index (χ0) is 65.0. The Labute approximate surface area is 507 Å². The third kappa shape index (κ3) is 28.7. The number of fused-ring (bicyclic) bond motifs is 2. The van der Waals surface area contributed by atoms with Gasteiger partial charge in [-0.3, -0.25) is 29.0 Å². The number of guanidine groups is 1. The second-order valence-corrected chi connectivity index (χ2v) is 24.8. The van der Waals surface area contributed by atoms with Crippen molar-refractivity contribution in [3.63, 3.8) is 0 Å². The Kier molecular flexibility index (Phi) is 35.5. The number of ether oxygens (including phenoxy) is 4. The van der Waals surface area contributed by atoms with E-state index in [1.54, 1.807) is 46.9 Å². The van der Waals surface area contributed by atoms with Crippen LogP contribution in [0.5, 0.6) is 0 Å². The number of aliphatic hydroxyl groups excluding tert-OH is 9. The lowest BCUT2D eigenvalue weighted by Crippen LogP contribution is -2.60. The molecule has 2 rings (SSSR count). The molecule has 0 saturated carbocycles. The minimum Gasteiger partial charge on any atom is -0.481 e. The molecule has 24 heteroatoms. The van der Waals surface area contributed by atoms with Gasteiger partial charge in [0.1, 0.15) is 37.3 Å². The number of hydrogen-bond acceptors (Lipinski definition) is 20. The van der Waals surface area contributed by atoms with Crippen LogP contribution >= 0.6 is 0 Å². The Morgan fingerprint density at radius 2 is 1.29 bits per heavy atom. The first-order valence-corrected chi connectivity index (χ1v) is 30.8. The van der Waals surface area contributed by atoms with E-state index in [-0.39, 0.29) is 49.9 Å². The number of rotatable bonds is 17. The Bertz CT molecular complexity index is 2150. The molecule has 2 heterocycles. The van der Waals surface area contributed by atoms with Gasteiger partial charge in [0.2, 0.25) is 0 Å². The first-order valence-electron chi connectivity index (χ1n) is 30.8. The van der Waals surface area contributed by atoms with E-state index in [2.05, 4.69) is 29.4 Å². The van der Waals surface area contributed by atoms with Crippen molar-refractivity contribution in [3.8, 4) is 0 Å². The number of carboxylic acid groups (broad SMARTS) is 2. The third-order valence-electron chi connectivity index (χ3n) is 17.1. The fourth-order valence-electron chi connectivity index (χ4n) is 11.1. The number of esters is 3. The second kappa shape index (κ2) is 39.4. The van der Waals surface area contributed by atoms with E-state index < -0.39 is 190 Å². The maximum Gasteiger partial charge on any atom is 0.317 e. The minimum absolute atomic E-state index is 0.00903. The molecule has 2 bridgehead atoms. The van der Waals surface area contributed by atoms with E-state index in [4.69, 9.17) is 24.7 Å². The van der Waals surface area contributed by atoms with Gasteiger partial charge >= 0.3 is 29.8 Å². The molecule has 0 radical (unpaired) electrons. The number of aliphatic carboxylic acids is 2. The lowest BCUT2D eigenvalue weighted by Gasteiger charge is -2.46. The summed E-state index contributed by atoms with van der Waals surface area (Å²) in [5.41, 5.74) is 5.69. The fourth-order valence-corrected chi connectivity index (χ4v) is 11.1. The van der Waals surface area contributed by atoms with Crippen molar-refractivity contribution in [2.45, 2.75) is 256 Å². The zero-order valence-corrected chi connectivity index (χ0v) is 52.1. The molecular weight excluding hydrogens is 1120 g/mol. The van der Waals surface area contributed by atoms with E-state index in [1.807, 2.05) is 19.9 Å². The molecule has 496 valence electrons. The van der Waals surface area contributed by atoms with Crippen LogP contribution in [0.2, 0.25) is 0 Å². The van der Waals surface area contributed by atoms with Crippen molar-refractivity contribution in [1.82, 2.24) is 5.32 Å². The molecule has 86 heavy (non-hydrogen) atoms. The van der Waals surface area contributed by atoms with Crippen molar-refractivity contribution >= 4 is 35.8 Å². The number of nitrogens with zero attached hydrogens (tertiary/aromatic N) is 1. The van der Waals surface area contributed by atoms with Crippen LogP contribution in [-0.2, 0) is 42.9 Å². The number of carbonyl (C=O) groups is 5. The van der Waals surface area contributed by atoms with Gasteiger partial charge in [-0.05, 0) is 101 Å². The predicted molar refractivity (Wildman–Crippen MR) is 318 cm³/mol. The lowest BCUT2D eigenvalue weighted by molar-refractivity contribution is -0.334. The molecule has 0 aromatic carbocycles. The maximum absolute atomic E-state index is 13.9. The number of aliphatic imine (C=N–C) groups is 1. The Hall–Kier alpha value is -4.60. The summed E-state index contributed by atoms with van der Waals surface area (Å²) in [5, 5.41) is 135. The van der Waals surface area contributed by atoms with Gasteiger partial charge in [-0.2, -0.15) is 0 Å². The molecule has 1 fully saturated rings. The molecule has 15 N–H and O–H groups in total. The topological polar surface area (TPSA) is 415 Å². The summed E-state index contributed by atoms with van der Waals surface area (Å²) in [4.78, 5) is 66.1. The van der Waals surface area contributed by atoms with Crippen LogP contribution in [0.15, 0.2) is 41.4 Å². The van der Waals surface area contributed by atoms with E-state index in [0.717, 1.165) is 45.1 Å². The first kappa shape index (κ1) is 77.5. The Morgan fingerprint density at radius 1 is 0.721 bits per heavy atom. The average Bonchev–Trinajstić information content (AvgIpc) is 1.53. The summed E-state index contributed by atoms with van der Waals surface area (Å²) in [6.07, 6.45) is -5.63. The molecule has 0 aliphatic carbocycles. The number of unbranched alkanes of at least 4 members (excludes halogenated alkanes) is 2. The number of carboxylic acids is 2. The number of nitrogens with one attached hydrogen (secondary N) is 1. The van der Waals surface area contributed by atoms with E-state index >= 15 is 0 Å². The molecule has 1 saturated heterocycles. The van der Waals surface area contributed by atoms with Crippen LogP contribution in [0.4, 0.5) is 0 Å². The number of carbonyl (C=O) groups excluding carboxylic acids is 3. The van der Waals surface area contributed by atoms with Crippen LogP contribution in [0.1, 0.15) is 171 Å². The molecule has 0 amide bonds. The van der Waals surface area contributed by atoms with Crippen LogP contribution in [0.3, 0.4) is 0 Å². The van der Waals surface area contributed by atoms with Crippen LogP contribution < -0.4 is 11.1 Å². The number of nitrogens with two attached hydrogens (primary N) is 1. The first-order chi connectivity index (χ1) is 40.3.